The van der Waals surface area contributed by atoms with E-state index in [0.29, 0.717) is 15.6 Å². The molecule has 2 rings (SSSR count). The van der Waals surface area contributed by atoms with E-state index in [2.05, 4.69) is 5.16 Å². The summed E-state index contributed by atoms with van der Waals surface area (Å²) < 4.78 is 62.9. The van der Waals surface area contributed by atoms with Crippen molar-refractivity contribution in [1.82, 2.24) is 0 Å². The molecule has 2 aromatic rings. The summed E-state index contributed by atoms with van der Waals surface area (Å²) in [7, 11) is -5.63. The van der Waals surface area contributed by atoms with Gasteiger partial charge in [0.15, 0.2) is 6.10 Å². The highest BCUT2D eigenvalue weighted by Crippen LogP contribution is 2.31. The van der Waals surface area contributed by atoms with Crippen molar-refractivity contribution in [2.45, 2.75) is 31.9 Å². The van der Waals surface area contributed by atoms with Gasteiger partial charge in [0.2, 0.25) is 0 Å². The Morgan fingerprint density at radius 3 is 2.30 bits per heavy atom. The third kappa shape index (κ3) is 5.94. The lowest BCUT2D eigenvalue weighted by molar-refractivity contribution is -0.0429. The maximum absolute atomic E-state index is 12.8. The van der Waals surface area contributed by atoms with Crippen molar-refractivity contribution >= 4 is 56.2 Å². The summed E-state index contributed by atoms with van der Waals surface area (Å²) in [4.78, 5) is 5.47. The highest BCUT2D eigenvalue weighted by Gasteiger charge is 2.46. The van der Waals surface area contributed by atoms with Crippen LogP contribution in [0.4, 0.5) is 18.9 Å². The molecule has 1 unspecified atom stereocenters. The number of anilines is 1. The molecule has 0 spiro atoms. The van der Waals surface area contributed by atoms with E-state index in [1.165, 1.54) is 22.9 Å². The molecule has 0 heterocycles. The molecule has 0 aliphatic carbocycles. The van der Waals surface area contributed by atoms with E-state index in [9.17, 15) is 21.6 Å². The van der Waals surface area contributed by atoms with Crippen LogP contribution in [0.1, 0.15) is 37.5 Å². The topological polar surface area (TPSA) is 67.8 Å². The Bertz CT molecular complexity index is 1060. The highest BCUT2D eigenvalue weighted by molar-refractivity contribution is 7.93. The molecule has 0 radical (unpaired) electrons. The average molecular weight is 504 g/mol. The summed E-state index contributed by atoms with van der Waals surface area (Å²) in [5.74, 6) is 0. The standard InChI is InChI=1S/C18H16Cl3F3N2O3S/c1-3-16(25-29-10(2)13-6-4-12(20)9-15(13)21)14-8-11(19)5-7-17(14)26-30(27,28)18(22,23)24/h4-10,26H,3H2,1-2H3/b25-16+. The molecule has 0 aliphatic rings. The number of oxime groups is 1. The van der Waals surface area contributed by atoms with Crippen LogP contribution in [0.5, 0.6) is 0 Å². The van der Waals surface area contributed by atoms with Crippen LogP contribution in [-0.4, -0.2) is 19.6 Å². The molecule has 12 heteroatoms. The van der Waals surface area contributed by atoms with Crippen LogP contribution in [-0.2, 0) is 14.9 Å². The zero-order chi connectivity index (χ0) is 22.7. The molecular formula is C18H16Cl3F3N2O3S. The molecule has 0 saturated heterocycles. The van der Waals surface area contributed by atoms with E-state index < -0.39 is 21.6 Å². The Hall–Kier alpha value is -1.68. The molecule has 1 N–H and O–H groups in total. The summed E-state index contributed by atoms with van der Waals surface area (Å²) >= 11 is 18.0. The van der Waals surface area contributed by atoms with E-state index >= 15 is 0 Å². The number of hydrogen-bond donors (Lipinski definition) is 1. The van der Waals surface area contributed by atoms with Crippen LogP contribution in [0.15, 0.2) is 41.6 Å². The van der Waals surface area contributed by atoms with Crippen molar-refractivity contribution < 1.29 is 26.4 Å². The van der Waals surface area contributed by atoms with Crippen molar-refractivity contribution in [2.24, 2.45) is 5.16 Å². The van der Waals surface area contributed by atoms with Crippen molar-refractivity contribution in [3.05, 3.63) is 62.6 Å². The normalized spacial score (nSPS) is 13.8. The van der Waals surface area contributed by atoms with Gasteiger partial charge in [0.1, 0.15) is 0 Å². The summed E-state index contributed by atoms with van der Waals surface area (Å²) in [6.45, 7) is 3.34. The summed E-state index contributed by atoms with van der Waals surface area (Å²) in [6.07, 6.45) is -0.409. The van der Waals surface area contributed by atoms with Crippen LogP contribution in [0, 0.1) is 0 Å². The second-order valence-corrected chi connectivity index (χ2v) is 9.00. The molecule has 5 nitrogen and oxygen atoms in total. The van der Waals surface area contributed by atoms with Crippen LogP contribution >= 0.6 is 34.8 Å². The number of rotatable bonds is 7. The van der Waals surface area contributed by atoms with Crippen molar-refractivity contribution in [1.29, 1.82) is 0 Å². The minimum atomic E-state index is -5.63. The Morgan fingerprint density at radius 1 is 1.13 bits per heavy atom. The van der Waals surface area contributed by atoms with Crippen molar-refractivity contribution in [2.75, 3.05) is 4.72 Å². The first-order valence-corrected chi connectivity index (χ1v) is 11.0. The number of benzene rings is 2. The zero-order valence-corrected chi connectivity index (χ0v) is 18.7. The highest BCUT2D eigenvalue weighted by atomic mass is 35.5. The molecule has 30 heavy (non-hydrogen) atoms. The fourth-order valence-electron chi connectivity index (χ4n) is 2.38. The average Bonchev–Trinajstić information content (AvgIpc) is 2.63. The van der Waals surface area contributed by atoms with Gasteiger partial charge in [-0.2, -0.15) is 21.6 Å². The Morgan fingerprint density at radius 2 is 1.73 bits per heavy atom. The fourth-order valence-corrected chi connectivity index (χ4v) is 3.70. The fraction of sp³-hybridized carbons (Fsp3) is 0.278. The summed E-state index contributed by atoms with van der Waals surface area (Å²) in [6, 6.07) is 8.47. The number of nitrogens with zero attached hydrogens (tertiary/aromatic N) is 1. The molecule has 164 valence electrons. The third-order valence-electron chi connectivity index (χ3n) is 3.90. The van der Waals surface area contributed by atoms with Gasteiger partial charge in [0.25, 0.3) is 0 Å². The maximum Gasteiger partial charge on any atom is 0.516 e. The minimum absolute atomic E-state index is 0.0484. The zero-order valence-electron chi connectivity index (χ0n) is 15.6. The van der Waals surface area contributed by atoms with E-state index in [0.717, 1.165) is 6.07 Å². The quantitative estimate of drug-likeness (QED) is 0.334. The largest absolute Gasteiger partial charge is 0.516 e. The Labute approximate surface area is 186 Å². The number of alkyl halides is 3. The monoisotopic (exact) mass is 502 g/mol. The number of sulfonamides is 1. The third-order valence-corrected chi connectivity index (χ3v) is 5.79. The minimum Gasteiger partial charge on any atom is -0.388 e. The molecule has 0 aromatic heterocycles. The molecule has 0 saturated carbocycles. The van der Waals surface area contributed by atoms with Gasteiger partial charge >= 0.3 is 15.5 Å². The lowest BCUT2D eigenvalue weighted by Crippen LogP contribution is -2.30. The van der Waals surface area contributed by atoms with Crippen LogP contribution in [0.3, 0.4) is 0 Å². The van der Waals surface area contributed by atoms with E-state index in [1.54, 1.807) is 26.0 Å². The van der Waals surface area contributed by atoms with Gasteiger partial charge in [0.05, 0.1) is 11.4 Å². The first kappa shape index (κ1) is 24.6. The number of hydrogen-bond acceptors (Lipinski definition) is 4. The lowest BCUT2D eigenvalue weighted by atomic mass is 10.1. The Kier molecular flexibility index (Phi) is 7.90. The molecule has 0 fully saturated rings. The van der Waals surface area contributed by atoms with Gasteiger partial charge < -0.3 is 4.84 Å². The molecule has 0 amide bonds. The van der Waals surface area contributed by atoms with Crippen molar-refractivity contribution in [3.8, 4) is 0 Å². The molecule has 1 atom stereocenters. The summed E-state index contributed by atoms with van der Waals surface area (Å²) in [5.41, 5.74) is -5.01. The second kappa shape index (κ2) is 9.64. The summed E-state index contributed by atoms with van der Waals surface area (Å²) in [5, 5.41) is 4.96. The lowest BCUT2D eigenvalue weighted by Gasteiger charge is -2.16. The van der Waals surface area contributed by atoms with E-state index in [1.807, 2.05) is 0 Å². The van der Waals surface area contributed by atoms with Crippen molar-refractivity contribution in [3.63, 3.8) is 0 Å². The second-order valence-electron chi connectivity index (χ2n) is 6.05. The predicted molar refractivity (Wildman–Crippen MR) is 113 cm³/mol. The molecular weight excluding hydrogens is 488 g/mol. The number of halogens is 6. The van der Waals surface area contributed by atoms with Crippen LogP contribution < -0.4 is 4.72 Å². The number of nitrogens with one attached hydrogen (secondary N) is 1. The van der Waals surface area contributed by atoms with E-state index in [4.69, 9.17) is 39.6 Å². The van der Waals surface area contributed by atoms with Gasteiger partial charge in [0, 0.05) is 26.2 Å². The van der Waals surface area contributed by atoms with Crippen LogP contribution in [0.25, 0.3) is 0 Å². The van der Waals surface area contributed by atoms with Gasteiger partial charge in [-0.25, -0.2) is 0 Å². The van der Waals surface area contributed by atoms with E-state index in [-0.39, 0.29) is 28.4 Å². The smallest absolute Gasteiger partial charge is 0.388 e. The first-order chi connectivity index (χ1) is 13.9. The van der Waals surface area contributed by atoms with Crippen LogP contribution in [0.2, 0.25) is 15.1 Å². The Balaban J connectivity index is 2.38. The molecule has 2 aromatic carbocycles. The molecule has 0 aliphatic heterocycles. The SMILES string of the molecule is CC/C(=N\OC(C)c1ccc(Cl)cc1Cl)c1cc(Cl)ccc1NS(=O)(=O)C(F)(F)F. The van der Waals surface area contributed by atoms with Gasteiger partial charge in [-0.05, 0) is 43.7 Å². The predicted octanol–water partition coefficient (Wildman–Crippen LogP) is 6.80. The maximum atomic E-state index is 12.8. The van der Waals surface area contributed by atoms with Gasteiger partial charge in [-0.1, -0.05) is 52.9 Å². The van der Waals surface area contributed by atoms with Gasteiger partial charge in [-0.3, -0.25) is 4.72 Å². The first-order valence-electron chi connectivity index (χ1n) is 8.42. The van der Waals surface area contributed by atoms with Gasteiger partial charge in [-0.15, -0.1) is 0 Å². The molecule has 0 bridgehead atoms.